The van der Waals surface area contributed by atoms with E-state index >= 15 is 4.39 Å². The molecule has 1 fully saturated rings. The molecule has 0 aromatic heterocycles. The van der Waals surface area contributed by atoms with Gasteiger partial charge in [0.25, 0.3) is 8.53 Å². The third kappa shape index (κ3) is 10.9. The summed E-state index contributed by atoms with van der Waals surface area (Å²) in [5.74, 6) is -0.0479. The Balaban J connectivity index is 1.73. The molecule has 0 spiro atoms. The molecule has 1 saturated heterocycles. The molecule has 5 atom stereocenters. The molecule has 0 saturated carbocycles. The van der Waals surface area contributed by atoms with E-state index in [9.17, 15) is 9.65 Å². The van der Waals surface area contributed by atoms with E-state index in [0.717, 1.165) is 22.8 Å². The van der Waals surface area contributed by atoms with Gasteiger partial charge in [-0.15, -0.1) is 0 Å². The number of aryl methyl sites for hydroxylation is 1. The molecule has 1 aliphatic rings. The summed E-state index contributed by atoms with van der Waals surface area (Å²) in [6, 6.07) is 30.0. The lowest BCUT2D eigenvalue weighted by Gasteiger charge is -2.43. The molecule has 0 amide bonds. The fraction of sp³-hybridized carbons (Fsp3) is 0.479. The number of nitrogens with zero attached hydrogens (tertiary/aromatic N) is 2. The minimum Gasteiger partial charge on any atom is -0.497 e. The highest BCUT2D eigenvalue weighted by molar-refractivity contribution is 7.44. The van der Waals surface area contributed by atoms with E-state index in [0.29, 0.717) is 11.5 Å². The summed E-state index contributed by atoms with van der Waals surface area (Å²) >= 11 is 0. The monoisotopic (exact) mass is 876 g/mol. The van der Waals surface area contributed by atoms with Crippen LogP contribution in [0, 0.1) is 29.9 Å². The second-order valence-electron chi connectivity index (χ2n) is 17.5. The van der Waals surface area contributed by atoms with Gasteiger partial charge in [0.2, 0.25) is 0 Å². The smallest absolute Gasteiger partial charge is 0.259 e. The van der Waals surface area contributed by atoms with Crippen LogP contribution < -0.4 is 9.47 Å². The zero-order valence-corrected chi connectivity index (χ0v) is 39.6. The topological polar surface area (TPSA) is 91.6 Å². The van der Waals surface area contributed by atoms with Gasteiger partial charge in [0.15, 0.2) is 8.32 Å². The van der Waals surface area contributed by atoms with Crippen molar-refractivity contribution in [2.45, 2.75) is 122 Å². The van der Waals surface area contributed by atoms with Crippen molar-refractivity contribution >= 4 is 16.8 Å². The van der Waals surface area contributed by atoms with E-state index in [1.165, 1.54) is 6.07 Å². The fourth-order valence-corrected chi connectivity index (χ4v) is 10.5. The third-order valence-corrected chi connectivity index (χ3v) is 18.2. The number of hydrogen-bond donors (Lipinski definition) is 0. The van der Waals surface area contributed by atoms with Gasteiger partial charge >= 0.3 is 0 Å². The minimum atomic E-state index is -2.65. The van der Waals surface area contributed by atoms with Gasteiger partial charge in [-0.2, -0.15) is 5.26 Å². The first-order valence-corrected chi connectivity index (χ1v) is 24.9. The van der Waals surface area contributed by atoms with E-state index in [1.807, 2.05) is 78.9 Å². The van der Waals surface area contributed by atoms with Crippen LogP contribution in [0.3, 0.4) is 0 Å². The second-order valence-corrected chi connectivity index (χ2v) is 23.7. The SMILES string of the molecule is COc1ccc(C(OC[C@H]2O[C@@H](c3cc(C)c(F)cc3F)[C@@H](OP(OCCC#N)N(C(C)C)C(C)C)C2O[Si](C)(C)C(C)(C)C)(c2ccccc2)c2ccc(OC)cc2)cc1. The van der Waals surface area contributed by atoms with Crippen molar-refractivity contribution in [2.24, 2.45) is 0 Å². The highest BCUT2D eigenvalue weighted by Gasteiger charge is 2.54. The van der Waals surface area contributed by atoms with E-state index in [2.05, 4.69) is 72.3 Å². The summed E-state index contributed by atoms with van der Waals surface area (Å²) in [5, 5.41) is 9.24. The number of hydrogen-bond acceptors (Lipinski definition) is 9. The molecule has 0 radical (unpaired) electrons. The van der Waals surface area contributed by atoms with Crippen LogP contribution in [0.25, 0.3) is 0 Å². The number of methoxy groups -OCH3 is 2. The Hall–Kier alpha value is -3.76. The lowest BCUT2D eigenvalue weighted by atomic mass is 9.80. The molecule has 1 heterocycles. The molecular weight excluding hydrogens is 814 g/mol. The van der Waals surface area contributed by atoms with Gasteiger partial charge in [-0.3, -0.25) is 0 Å². The third-order valence-electron chi connectivity index (χ3n) is 11.6. The van der Waals surface area contributed by atoms with Gasteiger partial charge in [0, 0.05) is 23.7 Å². The Bertz CT molecular complexity index is 2000. The van der Waals surface area contributed by atoms with E-state index in [4.69, 9.17) is 32.4 Å². The average molecular weight is 877 g/mol. The van der Waals surface area contributed by atoms with Gasteiger partial charge in [0.05, 0.1) is 39.9 Å². The van der Waals surface area contributed by atoms with Crippen LogP contribution in [0.4, 0.5) is 8.78 Å². The molecule has 2 unspecified atom stereocenters. The number of nitriles is 1. The van der Waals surface area contributed by atoms with Crippen LogP contribution in [0.2, 0.25) is 18.1 Å². The number of halogens is 2. The van der Waals surface area contributed by atoms with Crippen molar-refractivity contribution < 1.29 is 41.2 Å². The highest BCUT2D eigenvalue weighted by atomic mass is 31.2. The Morgan fingerprint density at radius 2 is 1.34 bits per heavy atom. The summed E-state index contributed by atoms with van der Waals surface area (Å²) in [4.78, 5) is 0. The lowest BCUT2D eigenvalue weighted by Crippen LogP contribution is -2.51. The molecule has 9 nitrogen and oxygen atoms in total. The van der Waals surface area contributed by atoms with Crippen LogP contribution in [0.1, 0.15) is 88.8 Å². The average Bonchev–Trinajstić information content (AvgIpc) is 3.54. The Morgan fingerprint density at radius 1 is 0.803 bits per heavy atom. The van der Waals surface area contributed by atoms with Crippen LogP contribution in [0.15, 0.2) is 91.0 Å². The molecule has 0 aliphatic carbocycles. The van der Waals surface area contributed by atoms with E-state index < -0.39 is 58.5 Å². The maximum atomic E-state index is 16.3. The van der Waals surface area contributed by atoms with Gasteiger partial charge < -0.3 is 32.4 Å². The van der Waals surface area contributed by atoms with Crippen molar-refractivity contribution in [3.8, 4) is 17.6 Å². The predicted molar refractivity (Wildman–Crippen MR) is 239 cm³/mol. The number of rotatable bonds is 19. The second kappa shape index (κ2) is 20.6. The summed E-state index contributed by atoms with van der Waals surface area (Å²) in [7, 11) is -1.25. The van der Waals surface area contributed by atoms with Crippen molar-refractivity contribution in [1.82, 2.24) is 4.67 Å². The molecule has 1 aliphatic heterocycles. The molecular formula is C48H63F2N2O7PSi. The Kier molecular flexibility index (Phi) is 16.3. The zero-order chi connectivity index (χ0) is 44.7. The molecule has 61 heavy (non-hydrogen) atoms. The molecule has 13 heteroatoms. The zero-order valence-electron chi connectivity index (χ0n) is 37.7. The first-order valence-electron chi connectivity index (χ1n) is 20.9. The molecule has 5 rings (SSSR count). The summed E-state index contributed by atoms with van der Waals surface area (Å²) in [6.07, 6.45) is -3.47. The largest absolute Gasteiger partial charge is 0.497 e. The van der Waals surface area contributed by atoms with Crippen molar-refractivity contribution in [3.05, 3.63) is 130 Å². The summed E-state index contributed by atoms with van der Waals surface area (Å²) in [6.45, 7) is 20.7. The molecule has 330 valence electrons. The lowest BCUT2D eigenvalue weighted by molar-refractivity contribution is -0.0812. The van der Waals surface area contributed by atoms with Gasteiger partial charge in [0.1, 0.15) is 53.2 Å². The molecule has 0 N–H and O–H groups in total. The molecule has 0 bridgehead atoms. The first kappa shape index (κ1) is 48.3. The van der Waals surface area contributed by atoms with Crippen molar-refractivity contribution in [2.75, 3.05) is 27.4 Å². The van der Waals surface area contributed by atoms with Gasteiger partial charge in [-0.1, -0.05) is 75.4 Å². The van der Waals surface area contributed by atoms with Crippen molar-refractivity contribution in [1.29, 1.82) is 5.26 Å². The van der Waals surface area contributed by atoms with Gasteiger partial charge in [-0.25, -0.2) is 13.5 Å². The van der Waals surface area contributed by atoms with E-state index in [-0.39, 0.29) is 47.9 Å². The molecule has 4 aromatic rings. The van der Waals surface area contributed by atoms with Crippen molar-refractivity contribution in [3.63, 3.8) is 0 Å². The Morgan fingerprint density at radius 3 is 1.84 bits per heavy atom. The highest BCUT2D eigenvalue weighted by Crippen LogP contribution is 2.54. The quantitative estimate of drug-likeness (QED) is 0.0395. The van der Waals surface area contributed by atoms with E-state index in [1.54, 1.807) is 21.1 Å². The first-order chi connectivity index (χ1) is 28.9. The Labute approximate surface area is 364 Å². The van der Waals surface area contributed by atoms with Gasteiger partial charge in [-0.05, 0) is 105 Å². The molecule has 4 aromatic carbocycles. The van der Waals surface area contributed by atoms with Crippen LogP contribution in [0.5, 0.6) is 11.5 Å². The number of benzene rings is 4. The number of ether oxygens (including phenoxy) is 4. The van der Waals surface area contributed by atoms with Crippen LogP contribution >= 0.6 is 8.53 Å². The standard InChI is InChI=1S/C48H63F2N2O7PSi/c1-32(2)52(33(3)4)60(56-28-16-27-51)58-46-44(40-29-34(5)41(49)30-42(40)50)57-43(45(46)59-61(11,12)47(6,7)8)31-55-48(35-17-14-13-15-18-35,36-19-23-38(53-9)24-20-36)37-21-25-39(54-10)26-22-37/h13-15,17-26,29-30,32-33,43-46H,16,28,31H2,1-12H3/t43-,44+,45?,46-,60?/m1/s1. The summed E-state index contributed by atoms with van der Waals surface area (Å²) < 4.78 is 79.9. The van der Waals surface area contributed by atoms with Crippen LogP contribution in [-0.4, -0.2) is 70.8 Å². The summed E-state index contributed by atoms with van der Waals surface area (Å²) in [5.41, 5.74) is 1.72. The maximum absolute atomic E-state index is 16.3. The minimum absolute atomic E-state index is 0.0156. The van der Waals surface area contributed by atoms with Crippen LogP contribution in [-0.2, 0) is 28.5 Å². The normalized spacial score (nSPS) is 19.1. The predicted octanol–water partition coefficient (Wildman–Crippen LogP) is 11.8. The fourth-order valence-electron chi connectivity index (χ4n) is 7.46. The maximum Gasteiger partial charge on any atom is 0.259 e.